The smallest absolute Gasteiger partial charge is 0.261 e. The van der Waals surface area contributed by atoms with Crippen molar-refractivity contribution < 1.29 is 17.6 Å². The Morgan fingerprint density at radius 2 is 1.67 bits per heavy atom. The molecule has 1 saturated carbocycles. The van der Waals surface area contributed by atoms with E-state index in [4.69, 9.17) is 0 Å². The van der Waals surface area contributed by atoms with Gasteiger partial charge in [-0.1, -0.05) is 37.8 Å². The molecular weight excluding hydrogens is 367 g/mol. The maximum Gasteiger partial charge on any atom is 0.261 e. The average Bonchev–Trinajstić information content (AvgIpc) is 2.90. The Bertz CT molecular complexity index is 907. The van der Waals surface area contributed by atoms with E-state index < -0.39 is 15.8 Å². The molecule has 0 saturated heterocycles. The Kier molecular flexibility index (Phi) is 6.11. The van der Waals surface area contributed by atoms with Crippen LogP contribution in [-0.4, -0.2) is 20.4 Å². The largest absolute Gasteiger partial charge is 0.349 e. The first-order chi connectivity index (χ1) is 12.9. The van der Waals surface area contributed by atoms with Crippen LogP contribution in [0.25, 0.3) is 0 Å². The number of nitrogens with one attached hydrogen (secondary N) is 2. The molecule has 0 unspecified atom stereocenters. The van der Waals surface area contributed by atoms with Crippen LogP contribution in [0.4, 0.5) is 10.1 Å². The van der Waals surface area contributed by atoms with E-state index in [-0.39, 0.29) is 22.5 Å². The summed E-state index contributed by atoms with van der Waals surface area (Å²) in [5.41, 5.74) is 0.421. The first-order valence-corrected chi connectivity index (χ1v) is 10.6. The minimum absolute atomic E-state index is 0.0414. The maximum atomic E-state index is 13.3. The second-order valence-corrected chi connectivity index (χ2v) is 8.49. The van der Waals surface area contributed by atoms with Crippen LogP contribution in [0, 0.1) is 5.82 Å². The number of rotatable bonds is 5. The summed E-state index contributed by atoms with van der Waals surface area (Å²) in [6.45, 7) is 0. The molecule has 0 bridgehead atoms. The molecule has 0 aliphatic heterocycles. The Balaban J connectivity index is 1.74. The van der Waals surface area contributed by atoms with Crippen molar-refractivity contribution in [1.82, 2.24) is 5.32 Å². The molecule has 2 aromatic rings. The number of carbonyl (C=O) groups is 1. The second-order valence-electron chi connectivity index (χ2n) is 6.81. The molecule has 2 aromatic carbocycles. The lowest BCUT2D eigenvalue weighted by atomic mass is 10.1. The molecule has 1 aliphatic carbocycles. The quantitative estimate of drug-likeness (QED) is 0.756. The first kappa shape index (κ1) is 19.4. The zero-order valence-electron chi connectivity index (χ0n) is 14.9. The summed E-state index contributed by atoms with van der Waals surface area (Å²) in [5.74, 6) is -0.809. The molecule has 27 heavy (non-hydrogen) atoms. The molecule has 0 radical (unpaired) electrons. The molecule has 0 aromatic heterocycles. The zero-order chi connectivity index (χ0) is 19.3. The SMILES string of the molecule is O=C(NC1CCCCCC1)c1cccc(S(=O)(=O)Nc2cccc(F)c2)c1. The number of benzene rings is 2. The molecule has 0 atom stereocenters. The fourth-order valence-corrected chi connectivity index (χ4v) is 4.36. The lowest BCUT2D eigenvalue weighted by Crippen LogP contribution is -2.34. The van der Waals surface area contributed by atoms with Gasteiger partial charge in [-0.25, -0.2) is 12.8 Å². The fourth-order valence-electron chi connectivity index (χ4n) is 3.26. The van der Waals surface area contributed by atoms with E-state index in [9.17, 15) is 17.6 Å². The van der Waals surface area contributed by atoms with E-state index >= 15 is 0 Å². The Hall–Kier alpha value is -2.41. The van der Waals surface area contributed by atoms with E-state index in [2.05, 4.69) is 10.0 Å². The van der Waals surface area contributed by atoms with Crippen molar-refractivity contribution in [2.45, 2.75) is 49.5 Å². The van der Waals surface area contributed by atoms with E-state index in [1.165, 1.54) is 49.2 Å². The van der Waals surface area contributed by atoms with Crippen LogP contribution in [0.3, 0.4) is 0 Å². The first-order valence-electron chi connectivity index (χ1n) is 9.13. The van der Waals surface area contributed by atoms with Crippen molar-refractivity contribution in [2.24, 2.45) is 0 Å². The highest BCUT2D eigenvalue weighted by Crippen LogP contribution is 2.20. The molecule has 7 heteroatoms. The van der Waals surface area contributed by atoms with E-state index in [0.29, 0.717) is 5.56 Å². The monoisotopic (exact) mass is 390 g/mol. The molecule has 2 N–H and O–H groups in total. The summed E-state index contributed by atoms with van der Waals surface area (Å²) in [5, 5.41) is 3.01. The lowest BCUT2D eigenvalue weighted by Gasteiger charge is -2.16. The minimum atomic E-state index is -3.92. The summed E-state index contributed by atoms with van der Waals surface area (Å²) < 4.78 is 40.7. The third kappa shape index (κ3) is 5.29. The summed E-state index contributed by atoms with van der Waals surface area (Å²) in [6.07, 6.45) is 6.46. The van der Waals surface area contributed by atoms with Crippen molar-refractivity contribution in [3.05, 3.63) is 59.9 Å². The normalized spacial score (nSPS) is 15.7. The minimum Gasteiger partial charge on any atom is -0.349 e. The molecule has 5 nitrogen and oxygen atoms in total. The number of halogens is 1. The van der Waals surface area contributed by atoms with Crippen LogP contribution < -0.4 is 10.0 Å². The molecule has 0 spiro atoms. The number of hydrogen-bond donors (Lipinski definition) is 2. The number of sulfonamides is 1. The van der Waals surface area contributed by atoms with Gasteiger partial charge in [0.2, 0.25) is 0 Å². The standard InChI is InChI=1S/C20H23FN2O3S/c21-16-8-6-11-18(14-16)23-27(25,26)19-12-5-7-15(13-19)20(24)22-17-9-3-1-2-4-10-17/h5-8,11-14,17,23H,1-4,9-10H2,(H,22,24). The Labute approximate surface area is 159 Å². The van der Waals surface area contributed by atoms with Crippen LogP contribution in [0.2, 0.25) is 0 Å². The number of amides is 1. The van der Waals surface area contributed by atoms with Gasteiger partial charge in [-0.3, -0.25) is 9.52 Å². The molecule has 1 aliphatic rings. The predicted molar refractivity (Wildman–Crippen MR) is 103 cm³/mol. The van der Waals surface area contributed by atoms with Crippen LogP contribution >= 0.6 is 0 Å². The van der Waals surface area contributed by atoms with Crippen molar-refractivity contribution in [1.29, 1.82) is 0 Å². The van der Waals surface area contributed by atoms with Gasteiger partial charge in [-0.2, -0.15) is 0 Å². The van der Waals surface area contributed by atoms with Crippen LogP contribution in [0.15, 0.2) is 53.4 Å². The van der Waals surface area contributed by atoms with Gasteiger partial charge in [0.05, 0.1) is 10.6 Å². The number of hydrogen-bond acceptors (Lipinski definition) is 3. The number of anilines is 1. The van der Waals surface area contributed by atoms with Crippen LogP contribution in [-0.2, 0) is 10.0 Å². The van der Waals surface area contributed by atoms with Crippen molar-refractivity contribution >= 4 is 21.6 Å². The average molecular weight is 390 g/mol. The summed E-state index contributed by atoms with van der Waals surface area (Å²) in [4.78, 5) is 12.5. The van der Waals surface area contributed by atoms with Gasteiger partial charge >= 0.3 is 0 Å². The fraction of sp³-hybridized carbons (Fsp3) is 0.350. The third-order valence-electron chi connectivity index (χ3n) is 4.67. The molecule has 0 heterocycles. The topological polar surface area (TPSA) is 75.3 Å². The van der Waals surface area contributed by atoms with Gasteiger partial charge in [-0.15, -0.1) is 0 Å². The summed E-state index contributed by atoms with van der Waals surface area (Å²) in [6, 6.07) is 11.2. The van der Waals surface area contributed by atoms with Gasteiger partial charge in [0.25, 0.3) is 15.9 Å². The van der Waals surface area contributed by atoms with Gasteiger partial charge in [0.15, 0.2) is 0 Å². The Morgan fingerprint density at radius 3 is 2.37 bits per heavy atom. The highest BCUT2D eigenvalue weighted by molar-refractivity contribution is 7.92. The van der Waals surface area contributed by atoms with Crippen molar-refractivity contribution in [3.63, 3.8) is 0 Å². The van der Waals surface area contributed by atoms with Gasteiger partial charge in [0.1, 0.15) is 5.82 Å². The van der Waals surface area contributed by atoms with Gasteiger partial charge in [-0.05, 0) is 49.2 Å². The van der Waals surface area contributed by atoms with Crippen LogP contribution in [0.5, 0.6) is 0 Å². The highest BCUT2D eigenvalue weighted by Gasteiger charge is 2.19. The van der Waals surface area contributed by atoms with E-state index in [1.54, 1.807) is 6.07 Å². The molecule has 1 fully saturated rings. The van der Waals surface area contributed by atoms with E-state index in [0.717, 1.165) is 31.7 Å². The third-order valence-corrected chi connectivity index (χ3v) is 6.05. The highest BCUT2D eigenvalue weighted by atomic mass is 32.2. The maximum absolute atomic E-state index is 13.3. The van der Waals surface area contributed by atoms with E-state index in [1.807, 2.05) is 0 Å². The lowest BCUT2D eigenvalue weighted by molar-refractivity contribution is 0.0933. The Morgan fingerprint density at radius 1 is 0.963 bits per heavy atom. The summed E-state index contributed by atoms with van der Waals surface area (Å²) >= 11 is 0. The second kappa shape index (κ2) is 8.52. The van der Waals surface area contributed by atoms with Gasteiger partial charge < -0.3 is 5.32 Å². The molecule has 3 rings (SSSR count). The molecule has 1 amide bonds. The van der Waals surface area contributed by atoms with Crippen molar-refractivity contribution in [2.75, 3.05) is 4.72 Å². The molecule has 144 valence electrons. The predicted octanol–water partition coefficient (Wildman–Crippen LogP) is 4.08. The van der Waals surface area contributed by atoms with Crippen molar-refractivity contribution in [3.8, 4) is 0 Å². The van der Waals surface area contributed by atoms with Gasteiger partial charge in [0, 0.05) is 11.6 Å². The summed E-state index contributed by atoms with van der Waals surface area (Å²) in [7, 11) is -3.92. The number of carbonyl (C=O) groups excluding carboxylic acids is 1. The molecular formula is C20H23FN2O3S. The van der Waals surface area contributed by atoms with Crippen LogP contribution in [0.1, 0.15) is 48.9 Å². The zero-order valence-corrected chi connectivity index (χ0v) is 15.8.